The Balaban J connectivity index is 1.69. The molecule has 0 aliphatic carbocycles. The molecule has 20 heavy (non-hydrogen) atoms. The number of rotatable bonds is 3. The highest BCUT2D eigenvalue weighted by Gasteiger charge is 2.22. The van der Waals surface area contributed by atoms with Gasteiger partial charge in [-0.1, -0.05) is 41.7 Å². The SMILES string of the molecule is CN(C)C1CCN(c2ncc(-c3ccccc3)s2)CC1. The van der Waals surface area contributed by atoms with Crippen LogP contribution in [0.25, 0.3) is 10.4 Å². The van der Waals surface area contributed by atoms with Crippen molar-refractivity contribution in [3.8, 4) is 10.4 Å². The molecule has 1 aliphatic heterocycles. The van der Waals surface area contributed by atoms with Crippen molar-refractivity contribution in [3.05, 3.63) is 36.5 Å². The van der Waals surface area contributed by atoms with Crippen molar-refractivity contribution in [2.75, 3.05) is 32.1 Å². The van der Waals surface area contributed by atoms with E-state index in [-0.39, 0.29) is 0 Å². The first-order chi connectivity index (χ1) is 9.74. The molecule has 0 amide bonds. The van der Waals surface area contributed by atoms with E-state index in [0.29, 0.717) is 0 Å². The van der Waals surface area contributed by atoms with Crippen LogP contribution in [0.1, 0.15) is 12.8 Å². The molecule has 1 aliphatic rings. The van der Waals surface area contributed by atoms with E-state index in [4.69, 9.17) is 0 Å². The first-order valence-corrected chi connectivity index (χ1v) is 7.98. The van der Waals surface area contributed by atoms with Gasteiger partial charge in [-0.25, -0.2) is 4.98 Å². The van der Waals surface area contributed by atoms with Crippen molar-refractivity contribution < 1.29 is 0 Å². The summed E-state index contributed by atoms with van der Waals surface area (Å²) in [5.41, 5.74) is 1.26. The van der Waals surface area contributed by atoms with Gasteiger partial charge in [0.05, 0.1) is 4.88 Å². The molecule has 0 bridgehead atoms. The largest absolute Gasteiger partial charge is 0.348 e. The van der Waals surface area contributed by atoms with Crippen LogP contribution in [0.4, 0.5) is 5.13 Å². The number of benzene rings is 1. The normalized spacial score (nSPS) is 16.9. The first kappa shape index (κ1) is 13.6. The average Bonchev–Trinajstić information content (AvgIpc) is 2.98. The smallest absolute Gasteiger partial charge is 0.185 e. The fraction of sp³-hybridized carbons (Fsp3) is 0.438. The van der Waals surface area contributed by atoms with Crippen LogP contribution in [-0.4, -0.2) is 43.1 Å². The molecule has 0 saturated carbocycles. The van der Waals surface area contributed by atoms with Gasteiger partial charge in [-0.3, -0.25) is 0 Å². The summed E-state index contributed by atoms with van der Waals surface area (Å²) in [4.78, 5) is 10.6. The second-order valence-corrected chi connectivity index (χ2v) is 6.56. The molecule has 0 radical (unpaired) electrons. The molecule has 2 heterocycles. The lowest BCUT2D eigenvalue weighted by Crippen LogP contribution is -2.41. The summed E-state index contributed by atoms with van der Waals surface area (Å²) in [6.45, 7) is 2.23. The molecule has 0 spiro atoms. The van der Waals surface area contributed by atoms with E-state index in [1.54, 1.807) is 11.3 Å². The van der Waals surface area contributed by atoms with Crippen LogP contribution in [-0.2, 0) is 0 Å². The van der Waals surface area contributed by atoms with Crippen molar-refractivity contribution in [1.29, 1.82) is 0 Å². The Morgan fingerprint density at radius 3 is 2.50 bits per heavy atom. The lowest BCUT2D eigenvalue weighted by molar-refractivity contribution is 0.249. The van der Waals surface area contributed by atoms with Crippen molar-refractivity contribution in [3.63, 3.8) is 0 Å². The molecule has 4 heteroatoms. The molecule has 3 nitrogen and oxygen atoms in total. The first-order valence-electron chi connectivity index (χ1n) is 7.16. The van der Waals surface area contributed by atoms with Crippen molar-refractivity contribution >= 4 is 16.5 Å². The van der Waals surface area contributed by atoms with Gasteiger partial charge in [0.25, 0.3) is 0 Å². The lowest BCUT2D eigenvalue weighted by atomic mass is 10.0. The fourth-order valence-electron chi connectivity index (χ4n) is 2.72. The van der Waals surface area contributed by atoms with Gasteiger partial charge in [0, 0.05) is 25.3 Å². The Hall–Kier alpha value is -1.39. The van der Waals surface area contributed by atoms with E-state index >= 15 is 0 Å². The maximum atomic E-state index is 4.62. The molecular weight excluding hydrogens is 266 g/mol. The second-order valence-electron chi connectivity index (χ2n) is 5.55. The average molecular weight is 287 g/mol. The predicted molar refractivity (Wildman–Crippen MR) is 86.5 cm³/mol. The Morgan fingerprint density at radius 1 is 1.15 bits per heavy atom. The molecule has 1 fully saturated rings. The number of aromatic nitrogens is 1. The van der Waals surface area contributed by atoms with E-state index in [1.807, 2.05) is 6.20 Å². The van der Waals surface area contributed by atoms with Gasteiger partial charge in [-0.2, -0.15) is 0 Å². The minimum Gasteiger partial charge on any atom is -0.348 e. The third-order valence-electron chi connectivity index (χ3n) is 4.02. The molecular formula is C16H21N3S. The molecule has 1 saturated heterocycles. The molecule has 106 valence electrons. The van der Waals surface area contributed by atoms with E-state index in [0.717, 1.165) is 19.1 Å². The van der Waals surface area contributed by atoms with Gasteiger partial charge in [-0.15, -0.1) is 0 Å². The Labute approximate surface area is 124 Å². The molecule has 0 N–H and O–H groups in total. The van der Waals surface area contributed by atoms with Gasteiger partial charge in [0.15, 0.2) is 5.13 Å². The van der Waals surface area contributed by atoms with Crippen molar-refractivity contribution in [2.45, 2.75) is 18.9 Å². The van der Waals surface area contributed by atoms with E-state index in [1.165, 1.54) is 28.4 Å². The third kappa shape index (κ3) is 2.86. The van der Waals surface area contributed by atoms with E-state index in [9.17, 15) is 0 Å². The monoisotopic (exact) mass is 287 g/mol. The standard InChI is InChI=1S/C16H21N3S/c1-18(2)14-8-10-19(11-9-14)16-17-12-15(20-16)13-6-4-3-5-7-13/h3-7,12,14H,8-11H2,1-2H3. The van der Waals surface area contributed by atoms with Crippen LogP contribution in [0.2, 0.25) is 0 Å². The van der Waals surface area contributed by atoms with Gasteiger partial charge in [-0.05, 0) is 32.5 Å². The molecule has 3 rings (SSSR count). The zero-order chi connectivity index (χ0) is 13.9. The van der Waals surface area contributed by atoms with Crippen molar-refractivity contribution in [2.24, 2.45) is 0 Å². The Bertz CT molecular complexity index is 542. The van der Waals surface area contributed by atoms with Gasteiger partial charge in [0.2, 0.25) is 0 Å². The van der Waals surface area contributed by atoms with Gasteiger partial charge < -0.3 is 9.80 Å². The van der Waals surface area contributed by atoms with Crippen LogP contribution in [0.5, 0.6) is 0 Å². The highest BCUT2D eigenvalue weighted by molar-refractivity contribution is 7.18. The zero-order valence-corrected chi connectivity index (χ0v) is 12.9. The molecule has 1 aromatic carbocycles. The lowest BCUT2D eigenvalue weighted by Gasteiger charge is -2.35. The summed E-state index contributed by atoms with van der Waals surface area (Å²) in [7, 11) is 4.36. The summed E-state index contributed by atoms with van der Waals surface area (Å²) in [6.07, 6.45) is 4.47. The van der Waals surface area contributed by atoms with Crippen LogP contribution in [0.3, 0.4) is 0 Å². The van der Waals surface area contributed by atoms with Gasteiger partial charge >= 0.3 is 0 Å². The number of nitrogens with zero attached hydrogens (tertiary/aromatic N) is 3. The molecule has 0 atom stereocenters. The number of hydrogen-bond donors (Lipinski definition) is 0. The highest BCUT2D eigenvalue weighted by Crippen LogP contribution is 2.32. The molecule has 0 unspecified atom stereocenters. The van der Waals surface area contributed by atoms with Gasteiger partial charge in [0.1, 0.15) is 0 Å². The van der Waals surface area contributed by atoms with Crippen LogP contribution in [0, 0.1) is 0 Å². The Kier molecular flexibility index (Phi) is 4.03. The van der Waals surface area contributed by atoms with Crippen LogP contribution in [0.15, 0.2) is 36.5 Å². The summed E-state index contributed by atoms with van der Waals surface area (Å²) in [5.74, 6) is 0. The molecule has 1 aromatic heterocycles. The predicted octanol–water partition coefficient (Wildman–Crippen LogP) is 3.34. The molecule has 2 aromatic rings. The van der Waals surface area contributed by atoms with E-state index in [2.05, 4.69) is 59.2 Å². The summed E-state index contributed by atoms with van der Waals surface area (Å²) in [5, 5.41) is 1.17. The number of anilines is 1. The number of hydrogen-bond acceptors (Lipinski definition) is 4. The quantitative estimate of drug-likeness (QED) is 0.863. The fourth-order valence-corrected chi connectivity index (χ4v) is 3.69. The number of piperidine rings is 1. The zero-order valence-electron chi connectivity index (χ0n) is 12.1. The summed E-state index contributed by atoms with van der Waals surface area (Å²) in [6, 6.07) is 11.2. The summed E-state index contributed by atoms with van der Waals surface area (Å²) < 4.78 is 0. The topological polar surface area (TPSA) is 19.4 Å². The van der Waals surface area contributed by atoms with E-state index < -0.39 is 0 Å². The maximum absolute atomic E-state index is 4.62. The summed E-state index contributed by atoms with van der Waals surface area (Å²) >= 11 is 1.80. The maximum Gasteiger partial charge on any atom is 0.185 e. The number of thiazole rings is 1. The van der Waals surface area contributed by atoms with Crippen LogP contribution < -0.4 is 4.90 Å². The second kappa shape index (κ2) is 5.94. The van der Waals surface area contributed by atoms with Crippen LogP contribution >= 0.6 is 11.3 Å². The minimum absolute atomic E-state index is 0.722. The Morgan fingerprint density at radius 2 is 1.85 bits per heavy atom. The third-order valence-corrected chi connectivity index (χ3v) is 5.12. The highest BCUT2D eigenvalue weighted by atomic mass is 32.1. The minimum atomic E-state index is 0.722. The van der Waals surface area contributed by atoms with Crippen molar-refractivity contribution in [1.82, 2.24) is 9.88 Å².